The number of carbonyl (C=O) groups is 1. The van der Waals surface area contributed by atoms with E-state index in [0.717, 1.165) is 32.1 Å². The van der Waals surface area contributed by atoms with Crippen LogP contribution in [0.1, 0.15) is 39.0 Å². The molecule has 1 amide bonds. The van der Waals surface area contributed by atoms with Gasteiger partial charge in [0.1, 0.15) is 0 Å². The van der Waals surface area contributed by atoms with E-state index in [-0.39, 0.29) is 18.1 Å². The van der Waals surface area contributed by atoms with Crippen LogP contribution in [0.15, 0.2) is 0 Å². The fraction of sp³-hybridized carbons (Fsp3) is 0.917. The molecule has 4 heteroatoms. The van der Waals surface area contributed by atoms with E-state index in [4.69, 9.17) is 5.73 Å². The minimum absolute atomic E-state index is 0.0113. The molecule has 3 atom stereocenters. The van der Waals surface area contributed by atoms with Gasteiger partial charge in [-0.2, -0.15) is 0 Å². The minimum atomic E-state index is -0.427. The molecule has 0 aromatic carbocycles. The fourth-order valence-corrected chi connectivity index (χ4v) is 2.52. The van der Waals surface area contributed by atoms with Gasteiger partial charge in [0.25, 0.3) is 0 Å². The highest BCUT2D eigenvalue weighted by Gasteiger charge is 2.43. The summed E-state index contributed by atoms with van der Waals surface area (Å²) in [5, 5.41) is 12.5. The predicted molar refractivity (Wildman–Crippen MR) is 61.7 cm³/mol. The summed E-state index contributed by atoms with van der Waals surface area (Å²) in [5.74, 6) is 0.419. The van der Waals surface area contributed by atoms with Gasteiger partial charge in [0.15, 0.2) is 0 Å². The summed E-state index contributed by atoms with van der Waals surface area (Å²) < 4.78 is 0. The molecule has 0 saturated heterocycles. The predicted octanol–water partition coefficient (Wildman–Crippen LogP) is 0.391. The van der Waals surface area contributed by atoms with Gasteiger partial charge in [-0.3, -0.25) is 4.79 Å². The van der Waals surface area contributed by atoms with Crippen LogP contribution < -0.4 is 11.1 Å². The van der Waals surface area contributed by atoms with E-state index < -0.39 is 5.41 Å². The van der Waals surface area contributed by atoms with Crippen molar-refractivity contribution >= 4 is 5.91 Å². The number of amides is 1. The van der Waals surface area contributed by atoms with Gasteiger partial charge in [-0.1, -0.05) is 6.42 Å². The normalized spacial score (nSPS) is 36.1. The fourth-order valence-electron chi connectivity index (χ4n) is 2.52. The molecule has 92 valence electrons. The molecular weight excluding hydrogens is 204 g/mol. The molecule has 0 aliphatic heterocycles. The lowest BCUT2D eigenvalue weighted by Gasteiger charge is -2.28. The number of nitrogens with two attached hydrogens (primary N) is 1. The zero-order valence-corrected chi connectivity index (χ0v) is 9.91. The van der Waals surface area contributed by atoms with Crippen LogP contribution in [0.4, 0.5) is 0 Å². The minimum Gasteiger partial charge on any atom is -0.391 e. The first-order valence-electron chi connectivity index (χ1n) is 6.26. The molecular formula is C12H22N2O2. The standard InChI is InChI=1S/C12H22N2O2/c1-12(6-2-3-10(12)13)11(16)14-7-9(15)8-4-5-8/h8-10,15H,2-7,13H2,1H3,(H,14,16). The van der Waals surface area contributed by atoms with Gasteiger partial charge in [0.2, 0.25) is 5.91 Å². The number of aliphatic hydroxyl groups excluding tert-OH is 1. The van der Waals surface area contributed by atoms with Crippen LogP contribution in [0.2, 0.25) is 0 Å². The average molecular weight is 226 g/mol. The Balaban J connectivity index is 1.82. The number of hydrogen-bond donors (Lipinski definition) is 3. The second kappa shape index (κ2) is 4.34. The lowest BCUT2D eigenvalue weighted by atomic mass is 9.84. The van der Waals surface area contributed by atoms with Crippen LogP contribution in [-0.4, -0.2) is 29.7 Å². The van der Waals surface area contributed by atoms with Crippen LogP contribution in [0.5, 0.6) is 0 Å². The Kier molecular flexibility index (Phi) is 3.22. The van der Waals surface area contributed by atoms with E-state index in [2.05, 4.69) is 5.32 Å². The molecule has 0 bridgehead atoms. The Hall–Kier alpha value is -0.610. The van der Waals surface area contributed by atoms with Crippen molar-refractivity contribution in [2.45, 2.75) is 51.2 Å². The Morgan fingerprint density at radius 3 is 2.75 bits per heavy atom. The van der Waals surface area contributed by atoms with Gasteiger partial charge in [-0.25, -0.2) is 0 Å². The molecule has 3 unspecified atom stereocenters. The van der Waals surface area contributed by atoms with Gasteiger partial charge in [-0.15, -0.1) is 0 Å². The monoisotopic (exact) mass is 226 g/mol. The van der Waals surface area contributed by atoms with Crippen LogP contribution in [0.3, 0.4) is 0 Å². The molecule has 2 saturated carbocycles. The number of nitrogens with one attached hydrogen (secondary N) is 1. The largest absolute Gasteiger partial charge is 0.391 e. The van der Waals surface area contributed by atoms with Crippen molar-refractivity contribution in [3.05, 3.63) is 0 Å². The van der Waals surface area contributed by atoms with E-state index in [1.54, 1.807) is 0 Å². The van der Waals surface area contributed by atoms with Gasteiger partial charge in [0, 0.05) is 12.6 Å². The highest BCUT2D eigenvalue weighted by Crippen LogP contribution is 2.37. The van der Waals surface area contributed by atoms with Crippen LogP contribution in [0, 0.1) is 11.3 Å². The summed E-state index contributed by atoms with van der Waals surface area (Å²) in [6.45, 7) is 2.31. The smallest absolute Gasteiger partial charge is 0.227 e. The van der Waals surface area contributed by atoms with Crippen molar-refractivity contribution in [1.29, 1.82) is 0 Å². The van der Waals surface area contributed by atoms with Crippen LogP contribution in [-0.2, 0) is 4.79 Å². The summed E-state index contributed by atoms with van der Waals surface area (Å²) in [7, 11) is 0. The topological polar surface area (TPSA) is 75.3 Å². The summed E-state index contributed by atoms with van der Waals surface area (Å²) >= 11 is 0. The van der Waals surface area contributed by atoms with Crippen molar-refractivity contribution in [3.8, 4) is 0 Å². The summed E-state index contributed by atoms with van der Waals surface area (Å²) in [6, 6.07) is -0.0365. The Bertz CT molecular complexity index is 278. The first kappa shape index (κ1) is 11.9. The Morgan fingerprint density at radius 2 is 2.25 bits per heavy atom. The highest BCUT2D eigenvalue weighted by atomic mass is 16.3. The first-order valence-corrected chi connectivity index (χ1v) is 6.26. The zero-order valence-electron chi connectivity index (χ0n) is 9.91. The lowest BCUT2D eigenvalue weighted by Crippen LogP contribution is -2.49. The third-order valence-corrected chi connectivity index (χ3v) is 4.19. The molecule has 0 radical (unpaired) electrons. The highest BCUT2D eigenvalue weighted by molar-refractivity contribution is 5.83. The van der Waals surface area contributed by atoms with Gasteiger partial charge >= 0.3 is 0 Å². The first-order chi connectivity index (χ1) is 7.54. The maximum Gasteiger partial charge on any atom is 0.227 e. The molecule has 4 N–H and O–H groups in total. The van der Waals surface area contributed by atoms with Crippen LogP contribution >= 0.6 is 0 Å². The molecule has 2 fully saturated rings. The molecule has 4 nitrogen and oxygen atoms in total. The summed E-state index contributed by atoms with van der Waals surface area (Å²) in [4.78, 5) is 12.0. The van der Waals surface area contributed by atoms with E-state index in [9.17, 15) is 9.90 Å². The Morgan fingerprint density at radius 1 is 1.56 bits per heavy atom. The van der Waals surface area contributed by atoms with Gasteiger partial charge in [0.05, 0.1) is 11.5 Å². The third-order valence-electron chi connectivity index (χ3n) is 4.19. The van der Waals surface area contributed by atoms with Crippen molar-refractivity contribution in [2.24, 2.45) is 17.1 Å². The number of carbonyl (C=O) groups excluding carboxylic acids is 1. The quantitative estimate of drug-likeness (QED) is 0.649. The van der Waals surface area contributed by atoms with E-state index in [1.807, 2.05) is 6.92 Å². The van der Waals surface area contributed by atoms with Crippen molar-refractivity contribution in [3.63, 3.8) is 0 Å². The van der Waals surface area contributed by atoms with Crippen molar-refractivity contribution in [1.82, 2.24) is 5.32 Å². The maximum atomic E-state index is 12.0. The molecule has 2 rings (SSSR count). The SMILES string of the molecule is CC1(C(=O)NCC(O)C2CC2)CCCC1N. The molecule has 2 aliphatic carbocycles. The van der Waals surface area contributed by atoms with Crippen molar-refractivity contribution in [2.75, 3.05) is 6.54 Å². The number of rotatable bonds is 4. The van der Waals surface area contributed by atoms with Gasteiger partial charge < -0.3 is 16.2 Å². The van der Waals surface area contributed by atoms with Crippen molar-refractivity contribution < 1.29 is 9.90 Å². The third kappa shape index (κ3) is 2.23. The zero-order chi connectivity index (χ0) is 11.8. The Labute approximate surface area is 96.6 Å². The second-order valence-corrected chi connectivity index (χ2v) is 5.53. The molecule has 0 heterocycles. The molecule has 0 spiro atoms. The van der Waals surface area contributed by atoms with Crippen LogP contribution in [0.25, 0.3) is 0 Å². The van der Waals surface area contributed by atoms with Gasteiger partial charge in [-0.05, 0) is 38.5 Å². The molecule has 2 aliphatic rings. The summed E-state index contributed by atoms with van der Waals surface area (Å²) in [6.07, 6.45) is 4.62. The number of hydrogen-bond acceptors (Lipinski definition) is 3. The molecule has 0 aromatic heterocycles. The maximum absolute atomic E-state index is 12.0. The van der Waals surface area contributed by atoms with E-state index >= 15 is 0 Å². The summed E-state index contributed by atoms with van der Waals surface area (Å²) in [5.41, 5.74) is 5.54. The van der Waals surface area contributed by atoms with E-state index in [0.29, 0.717) is 12.5 Å². The average Bonchev–Trinajstić information content (AvgIpc) is 3.04. The second-order valence-electron chi connectivity index (χ2n) is 5.53. The molecule has 0 aromatic rings. The molecule has 16 heavy (non-hydrogen) atoms. The van der Waals surface area contributed by atoms with E-state index in [1.165, 1.54) is 0 Å². The lowest BCUT2D eigenvalue weighted by molar-refractivity contribution is -0.131. The number of aliphatic hydroxyl groups is 1.